The van der Waals surface area contributed by atoms with Crippen LogP contribution in [0.5, 0.6) is 0 Å². The molecule has 0 aliphatic rings. The molecule has 0 saturated carbocycles. The molecule has 0 aromatic heterocycles. The van der Waals surface area contributed by atoms with Crippen LogP contribution in [0.25, 0.3) is 0 Å². The summed E-state index contributed by atoms with van der Waals surface area (Å²) >= 11 is 0. The van der Waals surface area contributed by atoms with Gasteiger partial charge in [0.1, 0.15) is 0 Å². The first-order chi connectivity index (χ1) is 5.35. The molecule has 0 saturated heterocycles. The van der Waals surface area contributed by atoms with Crippen molar-refractivity contribution in [2.45, 2.75) is 32.2 Å². The number of nitrogens with one attached hydrogen (secondary N) is 1. The summed E-state index contributed by atoms with van der Waals surface area (Å²) in [5.74, 6) is 2.66. The molecule has 1 atom stereocenters. The maximum atomic E-state index is 5.20. The van der Waals surface area contributed by atoms with Crippen LogP contribution in [0.2, 0.25) is 0 Å². The van der Waals surface area contributed by atoms with Crippen molar-refractivity contribution < 1.29 is 0 Å². The number of terminal acetylenes is 1. The fraction of sp³-hybridized carbons (Fsp3) is 0.600. The van der Waals surface area contributed by atoms with Crippen LogP contribution in [0.1, 0.15) is 26.2 Å². The molecule has 11 heavy (non-hydrogen) atoms. The first-order valence-electron chi connectivity index (χ1n) is 4.12. The van der Waals surface area contributed by atoms with Crippen molar-refractivity contribution in [3.63, 3.8) is 0 Å². The van der Waals surface area contributed by atoms with E-state index >= 15 is 0 Å². The average molecular weight is 151 g/mol. The predicted octanol–water partition coefficient (Wildman–Crippen LogP) is 1.95. The Morgan fingerprint density at radius 2 is 2.45 bits per heavy atom. The highest BCUT2D eigenvalue weighted by molar-refractivity contribution is 4.89. The van der Waals surface area contributed by atoms with Crippen molar-refractivity contribution >= 4 is 0 Å². The first-order valence-corrected chi connectivity index (χ1v) is 4.12. The highest BCUT2D eigenvalue weighted by atomic mass is 14.9. The lowest BCUT2D eigenvalue weighted by Gasteiger charge is -2.12. The molecule has 0 amide bonds. The van der Waals surface area contributed by atoms with Crippen LogP contribution in [0.15, 0.2) is 12.7 Å². The van der Waals surface area contributed by atoms with E-state index in [0.29, 0.717) is 6.04 Å². The minimum absolute atomic E-state index is 0.486. The second-order valence-corrected chi connectivity index (χ2v) is 2.54. The van der Waals surface area contributed by atoms with E-state index in [1.807, 2.05) is 6.08 Å². The maximum absolute atomic E-state index is 5.20. The molecule has 0 radical (unpaired) electrons. The van der Waals surface area contributed by atoms with Gasteiger partial charge in [-0.05, 0) is 19.4 Å². The third-order valence-electron chi connectivity index (χ3n) is 1.64. The van der Waals surface area contributed by atoms with Gasteiger partial charge >= 0.3 is 0 Å². The molecule has 1 N–H and O–H groups in total. The van der Waals surface area contributed by atoms with Gasteiger partial charge in [0.05, 0.1) is 0 Å². The summed E-state index contributed by atoms with van der Waals surface area (Å²) in [5, 5.41) is 3.36. The zero-order chi connectivity index (χ0) is 8.53. The molecule has 0 spiro atoms. The number of hydrogen-bond acceptors (Lipinski definition) is 1. The van der Waals surface area contributed by atoms with Crippen LogP contribution in [-0.2, 0) is 0 Å². The second kappa shape index (κ2) is 7.37. The van der Waals surface area contributed by atoms with E-state index in [4.69, 9.17) is 6.42 Å². The summed E-state index contributed by atoms with van der Waals surface area (Å²) in [5.41, 5.74) is 0. The molecular formula is C10H17N. The van der Waals surface area contributed by atoms with E-state index in [2.05, 4.69) is 24.7 Å². The lowest BCUT2D eigenvalue weighted by Crippen LogP contribution is -2.28. The summed E-state index contributed by atoms with van der Waals surface area (Å²) in [6.45, 7) is 6.78. The van der Waals surface area contributed by atoms with Gasteiger partial charge < -0.3 is 5.32 Å². The quantitative estimate of drug-likeness (QED) is 0.347. The summed E-state index contributed by atoms with van der Waals surface area (Å²) in [4.78, 5) is 0. The highest BCUT2D eigenvalue weighted by Crippen LogP contribution is 1.95. The molecular weight excluding hydrogens is 134 g/mol. The van der Waals surface area contributed by atoms with Gasteiger partial charge in [0.25, 0.3) is 0 Å². The largest absolute Gasteiger partial charge is 0.313 e. The van der Waals surface area contributed by atoms with Crippen LogP contribution in [0, 0.1) is 12.3 Å². The molecule has 1 nitrogen and oxygen atoms in total. The van der Waals surface area contributed by atoms with Gasteiger partial charge in [0.2, 0.25) is 0 Å². The SMILES string of the molecule is C#CCC(CC)NCCC=C. The van der Waals surface area contributed by atoms with E-state index in [-0.39, 0.29) is 0 Å². The second-order valence-electron chi connectivity index (χ2n) is 2.54. The zero-order valence-corrected chi connectivity index (χ0v) is 7.27. The molecule has 0 heterocycles. The topological polar surface area (TPSA) is 12.0 Å². The Morgan fingerprint density at radius 1 is 1.73 bits per heavy atom. The fourth-order valence-corrected chi connectivity index (χ4v) is 0.893. The molecule has 0 aromatic rings. The standard InChI is InChI=1S/C10H17N/c1-4-7-9-11-10(6-3)8-5-2/h2,4,10-11H,1,6-9H2,3H3. The predicted molar refractivity (Wildman–Crippen MR) is 50.3 cm³/mol. The molecule has 0 aliphatic heterocycles. The molecule has 0 fully saturated rings. The van der Waals surface area contributed by atoms with Crippen LogP contribution in [0.4, 0.5) is 0 Å². The summed E-state index contributed by atoms with van der Waals surface area (Å²) in [7, 11) is 0. The van der Waals surface area contributed by atoms with Crippen molar-refractivity contribution in [2.24, 2.45) is 0 Å². The van der Waals surface area contributed by atoms with Crippen LogP contribution < -0.4 is 5.32 Å². The van der Waals surface area contributed by atoms with Crippen molar-refractivity contribution in [1.82, 2.24) is 5.32 Å². The number of hydrogen-bond donors (Lipinski definition) is 1. The van der Waals surface area contributed by atoms with Crippen LogP contribution >= 0.6 is 0 Å². The number of rotatable bonds is 6. The zero-order valence-electron chi connectivity index (χ0n) is 7.27. The average Bonchev–Trinajstić information content (AvgIpc) is 2.03. The summed E-state index contributed by atoms with van der Waals surface area (Å²) in [6, 6.07) is 0.486. The van der Waals surface area contributed by atoms with E-state index in [1.165, 1.54) is 0 Å². The molecule has 0 bridgehead atoms. The van der Waals surface area contributed by atoms with E-state index in [9.17, 15) is 0 Å². The third kappa shape index (κ3) is 5.69. The lowest BCUT2D eigenvalue weighted by molar-refractivity contribution is 0.513. The normalized spacial score (nSPS) is 12.0. The van der Waals surface area contributed by atoms with E-state index in [1.54, 1.807) is 0 Å². The van der Waals surface area contributed by atoms with Crippen molar-refractivity contribution in [1.29, 1.82) is 0 Å². The van der Waals surface area contributed by atoms with Crippen LogP contribution in [-0.4, -0.2) is 12.6 Å². The van der Waals surface area contributed by atoms with E-state index < -0.39 is 0 Å². The maximum Gasteiger partial charge on any atom is 0.0240 e. The van der Waals surface area contributed by atoms with Crippen molar-refractivity contribution in [3.8, 4) is 12.3 Å². The minimum Gasteiger partial charge on any atom is -0.313 e. The Balaban J connectivity index is 3.36. The van der Waals surface area contributed by atoms with Gasteiger partial charge in [0, 0.05) is 12.5 Å². The van der Waals surface area contributed by atoms with Gasteiger partial charge in [-0.1, -0.05) is 13.0 Å². The molecule has 1 heteroatoms. The van der Waals surface area contributed by atoms with Crippen molar-refractivity contribution in [2.75, 3.05) is 6.54 Å². The molecule has 0 aromatic carbocycles. The van der Waals surface area contributed by atoms with Crippen molar-refractivity contribution in [3.05, 3.63) is 12.7 Å². The summed E-state index contributed by atoms with van der Waals surface area (Å²) in [6.07, 6.45) is 10.1. The highest BCUT2D eigenvalue weighted by Gasteiger charge is 2.00. The monoisotopic (exact) mass is 151 g/mol. The van der Waals surface area contributed by atoms with Gasteiger partial charge in [0.15, 0.2) is 0 Å². The molecule has 0 rings (SSSR count). The summed E-state index contributed by atoms with van der Waals surface area (Å²) < 4.78 is 0. The Labute approximate surface area is 69.9 Å². The van der Waals surface area contributed by atoms with Crippen LogP contribution in [0.3, 0.4) is 0 Å². The smallest absolute Gasteiger partial charge is 0.0240 e. The van der Waals surface area contributed by atoms with Gasteiger partial charge in [-0.3, -0.25) is 0 Å². The Kier molecular flexibility index (Phi) is 6.87. The lowest BCUT2D eigenvalue weighted by atomic mass is 10.1. The molecule has 62 valence electrons. The third-order valence-corrected chi connectivity index (χ3v) is 1.64. The van der Waals surface area contributed by atoms with Gasteiger partial charge in [-0.2, -0.15) is 0 Å². The molecule has 1 unspecified atom stereocenters. The van der Waals surface area contributed by atoms with E-state index in [0.717, 1.165) is 25.8 Å². The van der Waals surface area contributed by atoms with Gasteiger partial charge in [-0.15, -0.1) is 18.9 Å². The fourth-order valence-electron chi connectivity index (χ4n) is 0.893. The minimum atomic E-state index is 0.486. The van der Waals surface area contributed by atoms with Gasteiger partial charge in [-0.25, -0.2) is 0 Å². The Bertz CT molecular complexity index is 132. The Morgan fingerprint density at radius 3 is 2.91 bits per heavy atom. The Hall–Kier alpha value is -0.740. The first kappa shape index (κ1) is 10.3. The molecule has 0 aliphatic carbocycles.